The number of aliphatic hydroxyl groups is 1. The summed E-state index contributed by atoms with van der Waals surface area (Å²) in [4.78, 5) is 81.6. The van der Waals surface area contributed by atoms with Crippen molar-refractivity contribution in [1.29, 1.82) is 0 Å². The third kappa shape index (κ3) is 4.86. The minimum absolute atomic E-state index is 0.00762. The third-order valence-electron chi connectivity index (χ3n) is 9.02. The van der Waals surface area contributed by atoms with Crippen LogP contribution in [0.5, 0.6) is 5.75 Å². The maximum atomic E-state index is 14.0. The number of phenolic OH excluding ortho intramolecular Hbond substituents is 1. The molecular weight excluding hydrogens is 570 g/mol. The van der Waals surface area contributed by atoms with Gasteiger partial charge in [0.15, 0.2) is 34.7 Å². The molecule has 3 aliphatic rings. The summed E-state index contributed by atoms with van der Waals surface area (Å²) in [6.07, 6.45) is -0.234. The Balaban J connectivity index is 1.44. The van der Waals surface area contributed by atoms with Crippen LogP contribution < -0.4 is 26.2 Å². The number of rotatable bonds is 6. The Morgan fingerprint density at radius 2 is 1.66 bits per heavy atom. The first-order valence-electron chi connectivity index (χ1n) is 14.2. The Morgan fingerprint density at radius 1 is 1.00 bits per heavy atom. The fourth-order valence-corrected chi connectivity index (χ4v) is 6.80. The molecule has 5 atom stereocenters. The normalized spacial score (nSPS) is 25.8. The highest BCUT2D eigenvalue weighted by Gasteiger charge is 2.66. The van der Waals surface area contributed by atoms with Crippen molar-refractivity contribution in [3.8, 4) is 5.75 Å². The molecule has 0 aromatic heterocycles. The molecule has 0 bridgehead atoms. The molecule has 0 aliphatic heterocycles. The van der Waals surface area contributed by atoms with Gasteiger partial charge in [-0.25, -0.2) is 4.79 Å². The van der Waals surface area contributed by atoms with E-state index in [1.165, 1.54) is 0 Å². The lowest BCUT2D eigenvalue weighted by Crippen LogP contribution is -2.68. The number of phenols is 1. The summed E-state index contributed by atoms with van der Waals surface area (Å²) in [7, 11) is 7.29. The number of carbonyl (C=O) groups is 6. The van der Waals surface area contributed by atoms with Gasteiger partial charge < -0.3 is 36.4 Å². The lowest BCUT2D eigenvalue weighted by molar-refractivity contribution is -0.175. The van der Waals surface area contributed by atoms with E-state index in [-0.39, 0.29) is 30.5 Å². The predicted molar refractivity (Wildman–Crippen MR) is 159 cm³/mol. The van der Waals surface area contributed by atoms with Gasteiger partial charge in [0.25, 0.3) is 0 Å². The average Bonchev–Trinajstić information content (AvgIpc) is 2.94. The van der Waals surface area contributed by atoms with Crippen molar-refractivity contribution in [2.45, 2.75) is 31.4 Å². The number of Topliss-reactive ketones (excluding diaryl/α,β-unsaturated/α-hetero) is 4. The predicted octanol–water partition coefficient (Wildman–Crippen LogP) is 0.781. The zero-order chi connectivity index (χ0) is 32.2. The number of nitrogens with two attached hydrogens (primary N) is 1. The average molecular weight is 606 g/mol. The maximum absolute atomic E-state index is 14.0. The van der Waals surface area contributed by atoms with Crippen LogP contribution in [0.2, 0.25) is 0 Å². The smallest absolute Gasteiger partial charge is 0.319 e. The van der Waals surface area contributed by atoms with E-state index in [4.69, 9.17) is 5.73 Å². The van der Waals surface area contributed by atoms with E-state index in [1.807, 2.05) is 31.1 Å². The maximum Gasteiger partial charge on any atom is 0.319 e. The summed E-state index contributed by atoms with van der Waals surface area (Å²) in [5.74, 6) is -10.8. The van der Waals surface area contributed by atoms with Crippen molar-refractivity contribution in [1.82, 2.24) is 5.32 Å². The molecular formula is C31H35N5O8. The van der Waals surface area contributed by atoms with Crippen LogP contribution in [-0.4, -0.2) is 79.1 Å². The monoisotopic (exact) mass is 605 g/mol. The molecule has 232 valence electrons. The van der Waals surface area contributed by atoms with E-state index in [0.29, 0.717) is 16.9 Å². The molecule has 0 heterocycles. The SMILES string of the molecule is CN(C)c1ccc(NC(=O)NCc2cc(N(C)C)c3c(c2O)C(=O)C2C(=O)[C@]4(O)C(=O)C(C(N)=O)C(=O)C[C@@H]4C[C@@H]2C3)cc1. The lowest BCUT2D eigenvalue weighted by atomic mass is 9.53. The van der Waals surface area contributed by atoms with Gasteiger partial charge in [0.1, 0.15) is 5.75 Å². The van der Waals surface area contributed by atoms with E-state index in [0.717, 1.165) is 5.69 Å². The second-order valence-corrected chi connectivity index (χ2v) is 12.1. The molecule has 3 aliphatic carbocycles. The molecule has 6 N–H and O–H groups in total. The van der Waals surface area contributed by atoms with Gasteiger partial charge in [-0.2, -0.15) is 0 Å². The largest absolute Gasteiger partial charge is 0.507 e. The topological polar surface area (TPSA) is 199 Å². The third-order valence-corrected chi connectivity index (χ3v) is 9.02. The molecule has 2 fully saturated rings. The van der Waals surface area contributed by atoms with Crippen molar-refractivity contribution >= 4 is 52.1 Å². The van der Waals surface area contributed by atoms with E-state index in [9.17, 15) is 39.0 Å². The van der Waals surface area contributed by atoms with Crippen LogP contribution in [-0.2, 0) is 32.1 Å². The highest BCUT2D eigenvalue weighted by atomic mass is 16.3. The van der Waals surface area contributed by atoms with E-state index in [1.54, 1.807) is 37.2 Å². The fraction of sp³-hybridized carbons (Fsp3) is 0.419. The Labute approximate surface area is 253 Å². The summed E-state index contributed by atoms with van der Waals surface area (Å²) < 4.78 is 0. The molecule has 0 radical (unpaired) electrons. The van der Waals surface area contributed by atoms with Gasteiger partial charge in [-0.3, -0.25) is 24.0 Å². The molecule has 44 heavy (non-hydrogen) atoms. The standard InChI is InChI=1S/C31H35N5O8/c1-35(2)18-7-5-17(6-8-18)34-30(43)33-13-15-11-20(36(3)4)19-10-14-9-16-12-21(37)24(29(32)42)28(41)31(16,44)27(40)22(14)26(39)23(19)25(15)38/h5-8,11,14,16,22,24,38,44H,9-10,12-13H2,1-4H3,(H2,32,42)(H2,33,34,43)/t14-,16+,22?,24?,31+/m1/s1. The summed E-state index contributed by atoms with van der Waals surface area (Å²) >= 11 is 0. The Hall–Kier alpha value is -4.78. The molecule has 2 unspecified atom stereocenters. The van der Waals surface area contributed by atoms with Crippen LogP contribution in [0.25, 0.3) is 0 Å². The molecule has 13 nitrogen and oxygen atoms in total. The number of anilines is 3. The Morgan fingerprint density at radius 3 is 2.25 bits per heavy atom. The second-order valence-electron chi connectivity index (χ2n) is 12.1. The number of hydrogen-bond acceptors (Lipinski definition) is 10. The number of urea groups is 1. The highest BCUT2D eigenvalue weighted by molar-refractivity contribution is 6.31. The van der Waals surface area contributed by atoms with Crippen molar-refractivity contribution in [3.63, 3.8) is 0 Å². The molecule has 0 saturated heterocycles. The van der Waals surface area contributed by atoms with E-state index in [2.05, 4.69) is 10.6 Å². The van der Waals surface area contributed by atoms with Gasteiger partial charge in [-0.05, 0) is 54.7 Å². The zero-order valence-electron chi connectivity index (χ0n) is 24.8. The number of nitrogens with one attached hydrogen (secondary N) is 2. The molecule has 13 heteroatoms. The molecule has 2 saturated carbocycles. The number of ketones is 4. The van der Waals surface area contributed by atoms with Crippen molar-refractivity contribution < 1.29 is 39.0 Å². The summed E-state index contributed by atoms with van der Waals surface area (Å²) in [6, 6.07) is 8.25. The Kier molecular flexibility index (Phi) is 7.70. The minimum Gasteiger partial charge on any atom is -0.507 e. The Bertz CT molecular complexity index is 1600. The highest BCUT2D eigenvalue weighted by Crippen LogP contribution is 2.51. The zero-order valence-corrected chi connectivity index (χ0v) is 24.8. The number of primary amides is 1. The fourth-order valence-electron chi connectivity index (χ4n) is 6.80. The van der Waals surface area contributed by atoms with Crippen molar-refractivity contribution in [2.75, 3.05) is 43.3 Å². The van der Waals surface area contributed by atoms with E-state index >= 15 is 0 Å². The van der Waals surface area contributed by atoms with Gasteiger partial charge in [-0.1, -0.05) is 0 Å². The van der Waals surface area contributed by atoms with Crippen molar-refractivity contribution in [2.24, 2.45) is 29.4 Å². The van der Waals surface area contributed by atoms with Gasteiger partial charge >= 0.3 is 6.03 Å². The molecule has 3 amide bonds. The van der Waals surface area contributed by atoms with Crippen LogP contribution >= 0.6 is 0 Å². The van der Waals surface area contributed by atoms with Gasteiger partial charge in [0.05, 0.1) is 11.5 Å². The number of hydrogen-bond donors (Lipinski definition) is 5. The van der Waals surface area contributed by atoms with Crippen LogP contribution in [0.1, 0.15) is 34.3 Å². The number of carbonyl (C=O) groups excluding carboxylic acids is 6. The van der Waals surface area contributed by atoms with Crippen LogP contribution in [0.15, 0.2) is 30.3 Å². The van der Waals surface area contributed by atoms with Gasteiger partial charge in [-0.15, -0.1) is 0 Å². The van der Waals surface area contributed by atoms with Gasteiger partial charge in [0, 0.05) is 69.7 Å². The van der Waals surface area contributed by atoms with Crippen LogP contribution in [0, 0.1) is 23.7 Å². The van der Waals surface area contributed by atoms with Crippen LogP contribution in [0.4, 0.5) is 21.9 Å². The number of nitrogens with zero attached hydrogens (tertiary/aromatic N) is 2. The number of aromatic hydroxyl groups is 1. The minimum atomic E-state index is -2.72. The quantitative estimate of drug-likeness (QED) is 0.293. The number of amides is 3. The van der Waals surface area contributed by atoms with Gasteiger partial charge in [0.2, 0.25) is 5.91 Å². The summed E-state index contributed by atoms with van der Waals surface area (Å²) in [6.45, 7) is -0.163. The summed E-state index contributed by atoms with van der Waals surface area (Å²) in [5.41, 5.74) is 5.17. The lowest BCUT2D eigenvalue weighted by Gasteiger charge is -2.48. The number of fused-ring (bicyclic) bond motifs is 3. The van der Waals surface area contributed by atoms with Crippen molar-refractivity contribution in [3.05, 3.63) is 47.0 Å². The second kappa shape index (κ2) is 11.1. The van der Waals surface area contributed by atoms with Crippen LogP contribution in [0.3, 0.4) is 0 Å². The first-order chi connectivity index (χ1) is 20.7. The molecule has 5 rings (SSSR count). The van der Waals surface area contributed by atoms with E-state index < -0.39 is 76.5 Å². The molecule has 2 aromatic rings. The molecule has 2 aromatic carbocycles. The first kappa shape index (κ1) is 30.7. The first-order valence-corrected chi connectivity index (χ1v) is 14.2. The molecule has 0 spiro atoms. The summed E-state index contributed by atoms with van der Waals surface area (Å²) in [5, 5.41) is 28.1. The number of benzene rings is 2.